The summed E-state index contributed by atoms with van der Waals surface area (Å²) in [6.45, 7) is 2.13. The van der Waals surface area contributed by atoms with Crippen molar-refractivity contribution >= 4 is 28.6 Å². The van der Waals surface area contributed by atoms with Crippen molar-refractivity contribution < 1.29 is 14.3 Å². The third-order valence-electron chi connectivity index (χ3n) is 6.05. The number of carbonyl (C=O) groups is 1. The van der Waals surface area contributed by atoms with Crippen LogP contribution in [-0.4, -0.2) is 22.4 Å². The van der Waals surface area contributed by atoms with E-state index in [1.807, 2.05) is 30.1 Å². The molecule has 0 spiro atoms. The highest BCUT2D eigenvalue weighted by Crippen LogP contribution is 2.45. The molecule has 0 radical (unpaired) electrons. The van der Waals surface area contributed by atoms with Gasteiger partial charge in [0, 0.05) is 33.9 Å². The van der Waals surface area contributed by atoms with E-state index in [1.54, 1.807) is 22.6 Å². The van der Waals surface area contributed by atoms with Gasteiger partial charge >= 0.3 is 0 Å². The number of aromatic nitrogens is 1. The fraction of sp³-hybridized carbons (Fsp3) is 0.167. The number of benzene rings is 2. The molecule has 0 fully saturated rings. The number of rotatable bonds is 1. The van der Waals surface area contributed by atoms with E-state index in [4.69, 9.17) is 4.42 Å². The van der Waals surface area contributed by atoms with Crippen LogP contribution in [0, 0.1) is 6.92 Å². The Morgan fingerprint density at radius 3 is 2.88 bits per heavy atom. The first-order chi connectivity index (χ1) is 15.5. The van der Waals surface area contributed by atoms with Crippen LogP contribution in [0.15, 0.2) is 68.8 Å². The molecule has 2 aliphatic heterocycles. The lowest BCUT2D eigenvalue weighted by atomic mass is 9.93. The maximum absolute atomic E-state index is 12.6. The van der Waals surface area contributed by atoms with Crippen LogP contribution in [0.1, 0.15) is 39.0 Å². The molecule has 4 heterocycles. The molecular formula is C24H19N3O4S. The Bertz CT molecular complexity index is 1470. The number of hydrogen-bond donors (Lipinski definition) is 2. The van der Waals surface area contributed by atoms with Crippen molar-refractivity contribution in [2.45, 2.75) is 23.6 Å². The number of furan rings is 1. The fourth-order valence-electron chi connectivity index (χ4n) is 4.65. The summed E-state index contributed by atoms with van der Waals surface area (Å²) in [6.07, 6.45) is 1.55. The van der Waals surface area contributed by atoms with Crippen LogP contribution in [0.4, 0.5) is 0 Å². The van der Waals surface area contributed by atoms with Crippen LogP contribution in [0.25, 0.3) is 11.0 Å². The first-order valence-corrected chi connectivity index (χ1v) is 11.2. The van der Waals surface area contributed by atoms with Gasteiger partial charge < -0.3 is 14.8 Å². The number of nitrogens with zero attached hydrogens (tertiary/aromatic N) is 2. The SMILES string of the molecule is Cc1cc2ccc3c(c2o1)[C@H](N1CNC(=O)c2c(O)c(=O)ccn21)c1ccccc1SC3. The highest BCUT2D eigenvalue weighted by atomic mass is 32.2. The van der Waals surface area contributed by atoms with E-state index in [0.717, 1.165) is 44.1 Å². The Kier molecular flexibility index (Phi) is 4.13. The van der Waals surface area contributed by atoms with Crippen molar-refractivity contribution in [3.05, 3.63) is 93.1 Å². The fourth-order valence-corrected chi connectivity index (χ4v) is 5.73. The number of carbonyl (C=O) groups excluding carboxylic acids is 1. The van der Waals surface area contributed by atoms with Crippen molar-refractivity contribution in [2.24, 2.45) is 0 Å². The summed E-state index contributed by atoms with van der Waals surface area (Å²) in [5.74, 6) is 0.560. The van der Waals surface area contributed by atoms with Crippen LogP contribution in [0.2, 0.25) is 0 Å². The summed E-state index contributed by atoms with van der Waals surface area (Å²) in [4.78, 5) is 25.8. The van der Waals surface area contributed by atoms with E-state index in [-0.39, 0.29) is 18.4 Å². The van der Waals surface area contributed by atoms with E-state index in [2.05, 4.69) is 29.6 Å². The Morgan fingerprint density at radius 1 is 1.16 bits per heavy atom. The van der Waals surface area contributed by atoms with Crippen molar-refractivity contribution in [2.75, 3.05) is 11.7 Å². The molecule has 4 aromatic rings. The van der Waals surface area contributed by atoms with Crippen LogP contribution in [0.3, 0.4) is 0 Å². The summed E-state index contributed by atoms with van der Waals surface area (Å²) in [6, 6.07) is 15.4. The quantitative estimate of drug-likeness (QED) is 0.465. The largest absolute Gasteiger partial charge is 0.502 e. The Balaban J connectivity index is 1.68. The van der Waals surface area contributed by atoms with Gasteiger partial charge in [0.15, 0.2) is 11.4 Å². The smallest absolute Gasteiger partial charge is 0.275 e. The highest BCUT2D eigenvalue weighted by Gasteiger charge is 2.36. The third-order valence-corrected chi connectivity index (χ3v) is 7.19. The summed E-state index contributed by atoms with van der Waals surface area (Å²) >= 11 is 1.76. The lowest BCUT2D eigenvalue weighted by Crippen LogP contribution is -2.53. The van der Waals surface area contributed by atoms with Crippen LogP contribution < -0.4 is 15.8 Å². The minimum atomic E-state index is -0.588. The zero-order chi connectivity index (χ0) is 22.0. The lowest BCUT2D eigenvalue weighted by molar-refractivity contribution is 0.0915. The summed E-state index contributed by atoms with van der Waals surface area (Å²) in [5, 5.41) is 16.2. The molecule has 2 N–H and O–H groups in total. The molecule has 32 heavy (non-hydrogen) atoms. The van der Waals surface area contributed by atoms with Gasteiger partial charge in [-0.05, 0) is 30.2 Å². The number of aryl methyl sites for hydroxylation is 1. The number of fused-ring (bicyclic) bond motifs is 5. The Labute approximate surface area is 187 Å². The number of thioether (sulfide) groups is 1. The molecule has 2 aromatic heterocycles. The lowest BCUT2D eigenvalue weighted by Gasteiger charge is -2.40. The van der Waals surface area contributed by atoms with Gasteiger partial charge in [0.1, 0.15) is 24.1 Å². The predicted molar refractivity (Wildman–Crippen MR) is 122 cm³/mol. The van der Waals surface area contributed by atoms with Gasteiger partial charge in [-0.25, -0.2) is 0 Å². The van der Waals surface area contributed by atoms with Gasteiger partial charge in [0.25, 0.3) is 5.91 Å². The van der Waals surface area contributed by atoms with Crippen molar-refractivity contribution in [1.82, 2.24) is 9.99 Å². The van der Waals surface area contributed by atoms with E-state index in [1.165, 1.54) is 6.07 Å². The van der Waals surface area contributed by atoms with Crippen LogP contribution in [-0.2, 0) is 5.75 Å². The Morgan fingerprint density at radius 2 is 2.00 bits per heavy atom. The molecule has 0 unspecified atom stereocenters. The molecule has 2 aromatic carbocycles. The molecule has 8 heteroatoms. The third kappa shape index (κ3) is 2.69. The average molecular weight is 446 g/mol. The van der Waals surface area contributed by atoms with E-state index < -0.39 is 17.1 Å². The summed E-state index contributed by atoms with van der Waals surface area (Å²) in [7, 11) is 0. The number of hydrogen-bond acceptors (Lipinski definition) is 6. The average Bonchev–Trinajstić information content (AvgIpc) is 3.09. The minimum Gasteiger partial charge on any atom is -0.502 e. The van der Waals surface area contributed by atoms with Gasteiger partial charge in [0.2, 0.25) is 5.43 Å². The van der Waals surface area contributed by atoms with Crippen LogP contribution >= 0.6 is 11.8 Å². The number of aromatic hydroxyl groups is 1. The molecule has 2 aliphatic rings. The zero-order valence-corrected chi connectivity index (χ0v) is 18.0. The monoisotopic (exact) mass is 445 g/mol. The second-order valence-corrected chi connectivity index (χ2v) is 8.99. The molecule has 0 saturated heterocycles. The molecule has 0 bridgehead atoms. The first kappa shape index (κ1) is 19.1. The summed E-state index contributed by atoms with van der Waals surface area (Å²) in [5.41, 5.74) is 3.39. The van der Waals surface area contributed by atoms with E-state index >= 15 is 0 Å². The van der Waals surface area contributed by atoms with Gasteiger partial charge in [-0.1, -0.05) is 30.3 Å². The Hall–Kier alpha value is -3.65. The zero-order valence-electron chi connectivity index (χ0n) is 17.2. The molecule has 160 valence electrons. The number of pyridine rings is 1. The molecule has 1 atom stereocenters. The first-order valence-electron chi connectivity index (χ1n) is 10.3. The summed E-state index contributed by atoms with van der Waals surface area (Å²) < 4.78 is 7.77. The maximum atomic E-state index is 12.6. The molecule has 7 nitrogen and oxygen atoms in total. The standard InChI is InChI=1S/C24H19N3O4S/c1-13-10-14-6-7-15-11-32-18-5-3-2-4-16(18)20(19(15)23(14)31-13)27-12-25-24(30)21-22(29)17(28)8-9-26(21)27/h2-10,20,29H,11-12H2,1H3,(H,25,30)/t20-/m1/s1. The molecule has 0 saturated carbocycles. The van der Waals surface area contributed by atoms with Gasteiger partial charge in [-0.2, -0.15) is 0 Å². The maximum Gasteiger partial charge on any atom is 0.275 e. The molecule has 6 rings (SSSR count). The van der Waals surface area contributed by atoms with E-state index in [0.29, 0.717) is 0 Å². The minimum absolute atomic E-state index is 0.0671. The number of amides is 1. The van der Waals surface area contributed by atoms with Gasteiger partial charge in [-0.15, -0.1) is 11.8 Å². The normalized spacial score (nSPS) is 17.3. The van der Waals surface area contributed by atoms with Crippen molar-refractivity contribution in [3.63, 3.8) is 0 Å². The predicted octanol–water partition coefficient (Wildman–Crippen LogP) is 3.64. The highest BCUT2D eigenvalue weighted by molar-refractivity contribution is 7.98. The van der Waals surface area contributed by atoms with Crippen LogP contribution in [0.5, 0.6) is 5.75 Å². The van der Waals surface area contributed by atoms with Gasteiger partial charge in [0.05, 0.1) is 0 Å². The molecule has 0 aliphatic carbocycles. The second kappa shape index (κ2) is 6.93. The van der Waals surface area contributed by atoms with Crippen molar-refractivity contribution in [3.8, 4) is 5.75 Å². The van der Waals surface area contributed by atoms with Gasteiger partial charge in [-0.3, -0.25) is 19.3 Å². The molecule has 1 amide bonds. The van der Waals surface area contributed by atoms with E-state index in [9.17, 15) is 14.7 Å². The second-order valence-electron chi connectivity index (χ2n) is 7.97. The topological polar surface area (TPSA) is 87.7 Å². The van der Waals surface area contributed by atoms with Crippen molar-refractivity contribution in [1.29, 1.82) is 0 Å². The molecular weight excluding hydrogens is 426 g/mol. The number of nitrogens with one attached hydrogen (secondary N) is 1.